The molecule has 0 aliphatic carbocycles. The smallest absolute Gasteiger partial charge is 0.225 e. The van der Waals surface area contributed by atoms with E-state index in [0.29, 0.717) is 13.0 Å². The van der Waals surface area contributed by atoms with E-state index in [-0.39, 0.29) is 58.4 Å². The number of carbonyl (C=O) groups is 2. The molecule has 0 radical (unpaired) electrons. The average molecular weight is 353 g/mol. The fourth-order valence-corrected chi connectivity index (χ4v) is 1.24. The monoisotopic (exact) mass is 353 g/mol. The largest absolute Gasteiger partial charge is 0.412 e. The van der Waals surface area contributed by atoms with Crippen LogP contribution in [0.15, 0.2) is 0 Å². The lowest BCUT2D eigenvalue weighted by Crippen LogP contribution is -2.45. The first kappa shape index (κ1) is 43.0. The molecule has 13 heteroatoms. The van der Waals surface area contributed by atoms with Crippen LogP contribution in [0.4, 0.5) is 0 Å². The molecule has 0 aliphatic rings. The maximum Gasteiger partial charge on any atom is 0.225 e. The summed E-state index contributed by atoms with van der Waals surface area (Å²) in [4.78, 5) is 22.7. The number of nitrogens with one attached hydrogen (secondary N) is 1. The zero-order chi connectivity index (χ0) is 13.5. The third-order valence-corrected chi connectivity index (χ3v) is 2.96. The predicted octanol–water partition coefficient (Wildman–Crippen LogP) is -7.47. The van der Waals surface area contributed by atoms with Crippen molar-refractivity contribution in [1.82, 2.24) is 5.32 Å². The molecule has 0 aromatic carbocycles. The molecule has 0 fully saturated rings. The number of rotatable bonds is 8. The summed E-state index contributed by atoms with van der Waals surface area (Å²) < 4.78 is 0. The van der Waals surface area contributed by atoms with E-state index < -0.39 is 17.2 Å². The minimum atomic E-state index is -0.797. The lowest BCUT2D eigenvalue weighted by molar-refractivity contribution is -0.128. The Hall–Kier alpha value is -1.42. The fourth-order valence-electron chi connectivity index (χ4n) is 1.24. The molecule has 21 N–H and O–H groups in total. The first-order valence-electron chi connectivity index (χ1n) is 5.59. The van der Waals surface area contributed by atoms with Gasteiger partial charge in [0.15, 0.2) is 0 Å². The molecular weight excluding hydrogens is 318 g/mol. The first-order valence-corrected chi connectivity index (χ1v) is 5.59. The molecule has 1 unspecified atom stereocenters. The van der Waals surface area contributed by atoms with E-state index >= 15 is 0 Å². The maximum absolute atomic E-state index is 11.5. The summed E-state index contributed by atoms with van der Waals surface area (Å²) in [7, 11) is 0. The van der Waals surface area contributed by atoms with Crippen molar-refractivity contribution in [2.24, 2.45) is 34.3 Å². The highest BCUT2D eigenvalue weighted by atomic mass is 16.2. The van der Waals surface area contributed by atoms with E-state index in [0.717, 1.165) is 0 Å². The van der Waals surface area contributed by atoms with Gasteiger partial charge in [0.25, 0.3) is 0 Å². The van der Waals surface area contributed by atoms with Gasteiger partial charge in [0.2, 0.25) is 11.8 Å². The van der Waals surface area contributed by atoms with Gasteiger partial charge in [0, 0.05) is 26.2 Å². The zero-order valence-electron chi connectivity index (χ0n) is 13.2. The second-order valence-electron chi connectivity index (χ2n) is 4.34. The van der Waals surface area contributed by atoms with Gasteiger partial charge in [-0.3, -0.25) is 9.59 Å². The van der Waals surface area contributed by atoms with E-state index in [9.17, 15) is 9.59 Å². The van der Waals surface area contributed by atoms with Crippen molar-refractivity contribution in [2.45, 2.75) is 13.3 Å². The molecule has 0 saturated carbocycles. The van der Waals surface area contributed by atoms with Gasteiger partial charge in [0.1, 0.15) is 0 Å². The highest BCUT2D eigenvalue weighted by Crippen LogP contribution is 2.17. The van der Waals surface area contributed by atoms with Crippen LogP contribution >= 0.6 is 0 Å². The second kappa shape index (κ2) is 20.6. The molecule has 13 nitrogen and oxygen atoms in total. The zero-order valence-corrected chi connectivity index (χ0v) is 13.2. The number of amides is 2. The van der Waals surface area contributed by atoms with Crippen LogP contribution < -0.4 is 28.3 Å². The highest BCUT2D eigenvalue weighted by Gasteiger charge is 2.29. The molecule has 0 aliphatic heterocycles. The number of hydrogen-bond donors (Lipinski definition) is 5. The SMILES string of the molecule is CC(CN)(CCNC(=O)C(CN)CN)C(N)=O.O.O.O.O.O.O. The molecule has 0 spiro atoms. The summed E-state index contributed by atoms with van der Waals surface area (Å²) in [6.45, 7) is 2.55. The molecular formula is C10H35N5O8. The van der Waals surface area contributed by atoms with Gasteiger partial charge in [0.05, 0.1) is 11.3 Å². The second-order valence-corrected chi connectivity index (χ2v) is 4.34. The predicted molar refractivity (Wildman–Crippen MR) is 87.3 cm³/mol. The van der Waals surface area contributed by atoms with Crippen LogP contribution in [0, 0.1) is 11.3 Å². The van der Waals surface area contributed by atoms with Gasteiger partial charge in [-0.2, -0.15) is 0 Å². The molecule has 2 amide bonds. The van der Waals surface area contributed by atoms with Gasteiger partial charge in [-0.1, -0.05) is 0 Å². The Bertz CT molecular complexity index is 280. The van der Waals surface area contributed by atoms with Crippen LogP contribution in [0.5, 0.6) is 0 Å². The Morgan fingerprint density at radius 1 is 0.957 bits per heavy atom. The number of nitrogens with two attached hydrogens (primary N) is 4. The standard InChI is InChI=1S/C10H23N5O2.6H2O/c1-10(6-13,9(14)17)2-3-15-8(16)7(4-11)5-12;;;;;;/h7H,2-6,11-13H2,1H3,(H2,14,17)(H,15,16);6*1H2. The molecule has 0 saturated heterocycles. The van der Waals surface area contributed by atoms with Gasteiger partial charge in [-0.25, -0.2) is 0 Å². The van der Waals surface area contributed by atoms with E-state index in [1.54, 1.807) is 6.92 Å². The molecule has 0 rings (SSSR count). The third kappa shape index (κ3) is 13.9. The van der Waals surface area contributed by atoms with Crippen molar-refractivity contribution >= 4 is 11.8 Å². The number of carbonyl (C=O) groups excluding carboxylic acids is 2. The average Bonchev–Trinajstić information content (AvgIpc) is 2.30. The van der Waals surface area contributed by atoms with Crippen LogP contribution in [0.1, 0.15) is 13.3 Å². The molecule has 23 heavy (non-hydrogen) atoms. The highest BCUT2D eigenvalue weighted by molar-refractivity contribution is 5.81. The van der Waals surface area contributed by atoms with Gasteiger partial charge < -0.3 is 61.1 Å². The summed E-state index contributed by atoms with van der Waals surface area (Å²) in [6, 6.07) is 0. The van der Waals surface area contributed by atoms with Crippen molar-refractivity contribution in [3.8, 4) is 0 Å². The topological polar surface area (TPSA) is 339 Å². The fraction of sp³-hybridized carbons (Fsp3) is 0.800. The van der Waals surface area contributed by atoms with Crippen molar-refractivity contribution in [1.29, 1.82) is 0 Å². The molecule has 148 valence electrons. The Kier molecular flexibility index (Phi) is 38.5. The van der Waals surface area contributed by atoms with E-state index in [2.05, 4.69) is 5.32 Å². The lowest BCUT2D eigenvalue weighted by atomic mass is 9.86. The summed E-state index contributed by atoms with van der Waals surface area (Å²) in [6.07, 6.45) is 0.395. The Labute approximate surface area is 134 Å². The van der Waals surface area contributed by atoms with Crippen molar-refractivity contribution < 1.29 is 42.4 Å². The van der Waals surface area contributed by atoms with E-state index in [1.165, 1.54) is 0 Å². The van der Waals surface area contributed by atoms with Gasteiger partial charge in [-0.05, 0) is 13.3 Å². The summed E-state index contributed by atoms with van der Waals surface area (Å²) in [5.74, 6) is -1.07. The minimum Gasteiger partial charge on any atom is -0.412 e. The van der Waals surface area contributed by atoms with Crippen molar-refractivity contribution in [2.75, 3.05) is 26.2 Å². The van der Waals surface area contributed by atoms with Crippen molar-refractivity contribution in [3.63, 3.8) is 0 Å². The molecule has 0 aromatic rings. The quantitative estimate of drug-likeness (QED) is 0.282. The van der Waals surface area contributed by atoms with Crippen LogP contribution in [-0.2, 0) is 9.59 Å². The minimum absolute atomic E-state index is 0. The summed E-state index contributed by atoms with van der Waals surface area (Å²) in [5, 5.41) is 2.67. The molecule has 1 atom stereocenters. The van der Waals surface area contributed by atoms with Crippen LogP contribution in [0.2, 0.25) is 0 Å². The normalized spacial score (nSPS) is 10.7. The first-order chi connectivity index (χ1) is 7.91. The third-order valence-electron chi connectivity index (χ3n) is 2.96. The Morgan fingerprint density at radius 3 is 1.61 bits per heavy atom. The lowest BCUT2D eigenvalue weighted by Gasteiger charge is -2.24. The Balaban J connectivity index is -0.0000000853. The van der Waals surface area contributed by atoms with Crippen molar-refractivity contribution in [3.05, 3.63) is 0 Å². The molecule has 0 aromatic heterocycles. The van der Waals surface area contributed by atoms with Gasteiger partial charge >= 0.3 is 0 Å². The van der Waals surface area contributed by atoms with Crippen LogP contribution in [-0.4, -0.2) is 70.9 Å². The van der Waals surface area contributed by atoms with Crippen LogP contribution in [0.25, 0.3) is 0 Å². The summed E-state index contributed by atoms with van der Waals surface area (Å²) >= 11 is 0. The molecule has 0 heterocycles. The Morgan fingerprint density at radius 2 is 1.35 bits per heavy atom. The van der Waals surface area contributed by atoms with E-state index in [4.69, 9.17) is 22.9 Å². The van der Waals surface area contributed by atoms with E-state index in [1.807, 2.05) is 0 Å². The number of primary amides is 1. The van der Waals surface area contributed by atoms with Crippen LogP contribution in [0.3, 0.4) is 0 Å². The number of hydrogen-bond acceptors (Lipinski definition) is 5. The maximum atomic E-state index is 11.5. The summed E-state index contributed by atoms with van der Waals surface area (Å²) in [5.41, 5.74) is 20.7. The molecule has 0 bridgehead atoms. The van der Waals surface area contributed by atoms with Gasteiger partial charge in [-0.15, -0.1) is 0 Å².